The van der Waals surface area contributed by atoms with Crippen LogP contribution in [0.5, 0.6) is 5.75 Å². The molecular formula is C9H11ClO4S. The highest BCUT2D eigenvalue weighted by Crippen LogP contribution is 2.17. The maximum Gasteiger partial charge on any atom is 0.179 e. The Morgan fingerprint density at radius 3 is 2.27 bits per heavy atom. The molecule has 0 aliphatic rings. The predicted molar refractivity (Wildman–Crippen MR) is 56.9 cm³/mol. The van der Waals surface area contributed by atoms with E-state index in [1.165, 1.54) is 24.3 Å². The molecule has 15 heavy (non-hydrogen) atoms. The Labute approximate surface area is 93.0 Å². The molecule has 6 heteroatoms. The minimum atomic E-state index is -3.49. The molecule has 0 radical (unpaired) electrons. The summed E-state index contributed by atoms with van der Waals surface area (Å²) in [7, 11) is -3.49. The van der Waals surface area contributed by atoms with Crippen molar-refractivity contribution in [3.8, 4) is 5.75 Å². The number of aliphatic hydroxyl groups excluding tert-OH is 1. The summed E-state index contributed by atoms with van der Waals surface area (Å²) >= 11 is 5.55. The summed E-state index contributed by atoms with van der Waals surface area (Å²) in [5, 5.41) is 16.8. The number of alkyl halides is 1. The molecule has 0 amide bonds. The van der Waals surface area contributed by atoms with Gasteiger partial charge in [0.05, 0.1) is 22.6 Å². The third-order valence-corrected chi connectivity index (χ3v) is 4.10. The van der Waals surface area contributed by atoms with E-state index in [1.807, 2.05) is 0 Å². The Balaban J connectivity index is 2.91. The third kappa shape index (κ3) is 3.37. The fourth-order valence-corrected chi connectivity index (χ4v) is 2.86. The molecule has 1 aromatic carbocycles. The lowest BCUT2D eigenvalue weighted by Gasteiger charge is -2.07. The van der Waals surface area contributed by atoms with Crippen molar-refractivity contribution in [2.24, 2.45) is 0 Å². The van der Waals surface area contributed by atoms with Gasteiger partial charge in [0.15, 0.2) is 9.84 Å². The van der Waals surface area contributed by atoms with E-state index >= 15 is 0 Å². The van der Waals surface area contributed by atoms with E-state index in [1.54, 1.807) is 0 Å². The molecule has 1 unspecified atom stereocenters. The zero-order valence-corrected chi connectivity index (χ0v) is 9.37. The first kappa shape index (κ1) is 12.3. The molecule has 0 spiro atoms. The van der Waals surface area contributed by atoms with E-state index < -0.39 is 21.8 Å². The van der Waals surface area contributed by atoms with Crippen LogP contribution in [0.1, 0.15) is 0 Å². The number of phenolic OH excluding ortho intramolecular Hbond substituents is 1. The molecule has 0 aliphatic heterocycles. The second kappa shape index (κ2) is 4.83. The van der Waals surface area contributed by atoms with Crippen molar-refractivity contribution in [1.82, 2.24) is 0 Å². The van der Waals surface area contributed by atoms with Crippen molar-refractivity contribution in [1.29, 1.82) is 0 Å². The normalized spacial score (nSPS) is 13.7. The van der Waals surface area contributed by atoms with Crippen molar-refractivity contribution in [3.05, 3.63) is 24.3 Å². The van der Waals surface area contributed by atoms with Crippen LogP contribution in [-0.2, 0) is 9.84 Å². The summed E-state index contributed by atoms with van der Waals surface area (Å²) in [5.41, 5.74) is 0. The van der Waals surface area contributed by atoms with Crippen LogP contribution in [0.3, 0.4) is 0 Å². The molecule has 0 heterocycles. The molecule has 1 aromatic rings. The van der Waals surface area contributed by atoms with Crippen LogP contribution in [-0.4, -0.2) is 36.4 Å². The van der Waals surface area contributed by atoms with Gasteiger partial charge in [0.1, 0.15) is 5.75 Å². The summed E-state index contributed by atoms with van der Waals surface area (Å²) in [5.74, 6) is -0.325. The number of hydrogen-bond donors (Lipinski definition) is 2. The lowest BCUT2D eigenvalue weighted by molar-refractivity contribution is 0.298. The van der Waals surface area contributed by atoms with Gasteiger partial charge in [-0.15, -0.1) is 11.6 Å². The zero-order chi connectivity index (χ0) is 11.5. The van der Waals surface area contributed by atoms with Crippen LogP contribution in [0.15, 0.2) is 29.2 Å². The lowest BCUT2D eigenvalue weighted by Crippen LogP contribution is -2.19. The first-order valence-corrected chi connectivity index (χ1v) is 6.31. The Kier molecular flexibility index (Phi) is 3.96. The number of sulfone groups is 1. The predicted octanol–water partition coefficient (Wildman–Crippen LogP) is 0.766. The maximum atomic E-state index is 11.6. The van der Waals surface area contributed by atoms with E-state index in [4.69, 9.17) is 21.8 Å². The van der Waals surface area contributed by atoms with Crippen LogP contribution in [0.4, 0.5) is 0 Å². The van der Waals surface area contributed by atoms with E-state index in [9.17, 15) is 8.42 Å². The van der Waals surface area contributed by atoms with Crippen LogP contribution < -0.4 is 0 Å². The number of phenols is 1. The molecule has 0 bridgehead atoms. The SMILES string of the molecule is O=S(=O)(CC(Cl)CO)c1ccc(O)cc1. The number of aromatic hydroxyl groups is 1. The van der Waals surface area contributed by atoms with Crippen molar-refractivity contribution in [2.75, 3.05) is 12.4 Å². The second-order valence-electron chi connectivity index (χ2n) is 3.06. The lowest BCUT2D eigenvalue weighted by atomic mass is 10.3. The van der Waals surface area contributed by atoms with Crippen LogP contribution in [0.25, 0.3) is 0 Å². The highest BCUT2D eigenvalue weighted by atomic mass is 35.5. The van der Waals surface area contributed by atoms with Gasteiger partial charge in [0, 0.05) is 0 Å². The average Bonchev–Trinajstić information content (AvgIpc) is 2.17. The van der Waals surface area contributed by atoms with Crippen LogP contribution in [0, 0.1) is 0 Å². The molecule has 1 rings (SSSR count). The number of rotatable bonds is 4. The maximum absolute atomic E-state index is 11.6. The Bertz CT molecular complexity index is 412. The van der Waals surface area contributed by atoms with E-state index in [0.717, 1.165) is 0 Å². The molecule has 4 nitrogen and oxygen atoms in total. The Morgan fingerprint density at radius 2 is 1.80 bits per heavy atom. The molecule has 84 valence electrons. The molecule has 0 fully saturated rings. The van der Waals surface area contributed by atoms with Gasteiger partial charge in [-0.3, -0.25) is 0 Å². The monoisotopic (exact) mass is 250 g/mol. The number of aliphatic hydroxyl groups is 1. The van der Waals surface area contributed by atoms with Crippen molar-refractivity contribution in [2.45, 2.75) is 10.3 Å². The van der Waals surface area contributed by atoms with Gasteiger partial charge < -0.3 is 10.2 Å². The first-order chi connectivity index (χ1) is 6.95. The van der Waals surface area contributed by atoms with Crippen molar-refractivity contribution >= 4 is 21.4 Å². The summed E-state index contributed by atoms with van der Waals surface area (Å²) in [6.07, 6.45) is 0. The summed E-state index contributed by atoms with van der Waals surface area (Å²) in [6.45, 7) is -0.390. The van der Waals surface area contributed by atoms with Crippen molar-refractivity contribution < 1.29 is 18.6 Å². The van der Waals surface area contributed by atoms with E-state index in [2.05, 4.69) is 0 Å². The second-order valence-corrected chi connectivity index (χ2v) is 5.71. The third-order valence-electron chi connectivity index (χ3n) is 1.79. The smallest absolute Gasteiger partial charge is 0.179 e. The standard InChI is InChI=1S/C9H11ClO4S/c10-7(5-11)6-15(13,14)9-3-1-8(12)2-4-9/h1-4,7,11-12H,5-6H2. The van der Waals surface area contributed by atoms with Gasteiger partial charge in [0.25, 0.3) is 0 Å². The van der Waals surface area contributed by atoms with Gasteiger partial charge in [0.2, 0.25) is 0 Å². The fraction of sp³-hybridized carbons (Fsp3) is 0.333. The number of benzene rings is 1. The molecule has 0 aliphatic carbocycles. The highest BCUT2D eigenvalue weighted by molar-refractivity contribution is 7.91. The molecule has 0 aromatic heterocycles. The summed E-state index contributed by atoms with van der Waals surface area (Å²) in [4.78, 5) is 0.0828. The molecule has 2 N–H and O–H groups in total. The molecule has 0 saturated carbocycles. The summed E-state index contributed by atoms with van der Waals surface area (Å²) < 4.78 is 23.3. The Hall–Kier alpha value is -0.780. The van der Waals surface area contributed by atoms with Gasteiger partial charge in [-0.2, -0.15) is 0 Å². The number of halogens is 1. The Morgan fingerprint density at radius 1 is 1.27 bits per heavy atom. The topological polar surface area (TPSA) is 74.6 Å². The first-order valence-electron chi connectivity index (χ1n) is 4.22. The minimum absolute atomic E-state index is 0.00136. The highest BCUT2D eigenvalue weighted by Gasteiger charge is 2.19. The van der Waals surface area contributed by atoms with Gasteiger partial charge in [-0.05, 0) is 24.3 Å². The van der Waals surface area contributed by atoms with Gasteiger partial charge >= 0.3 is 0 Å². The largest absolute Gasteiger partial charge is 0.508 e. The molecule has 1 atom stereocenters. The van der Waals surface area contributed by atoms with Gasteiger partial charge in [-0.1, -0.05) is 0 Å². The van der Waals surface area contributed by atoms with Crippen molar-refractivity contribution in [3.63, 3.8) is 0 Å². The molecular weight excluding hydrogens is 240 g/mol. The zero-order valence-electron chi connectivity index (χ0n) is 7.80. The number of hydrogen-bond acceptors (Lipinski definition) is 4. The van der Waals surface area contributed by atoms with Crippen LogP contribution >= 0.6 is 11.6 Å². The quantitative estimate of drug-likeness (QED) is 0.774. The van der Waals surface area contributed by atoms with E-state index in [0.29, 0.717) is 0 Å². The van der Waals surface area contributed by atoms with Gasteiger partial charge in [-0.25, -0.2) is 8.42 Å². The molecule has 0 saturated heterocycles. The van der Waals surface area contributed by atoms with E-state index in [-0.39, 0.29) is 16.4 Å². The fourth-order valence-electron chi connectivity index (χ4n) is 1.04. The summed E-state index contributed by atoms with van der Waals surface area (Å²) in [6, 6.07) is 5.17. The average molecular weight is 251 g/mol. The minimum Gasteiger partial charge on any atom is -0.508 e. The van der Waals surface area contributed by atoms with Crippen LogP contribution in [0.2, 0.25) is 0 Å².